The van der Waals surface area contributed by atoms with Crippen LogP contribution in [0.2, 0.25) is 0 Å². The lowest BCUT2D eigenvalue weighted by Crippen LogP contribution is -2.38. The number of phenolic OH excluding ortho intramolecular Hbond substituents is 1. The largest absolute Gasteiger partial charge is 0.507 e. The van der Waals surface area contributed by atoms with Crippen LogP contribution in [0.4, 0.5) is 0 Å². The Morgan fingerprint density at radius 1 is 1.09 bits per heavy atom. The van der Waals surface area contributed by atoms with Crippen LogP contribution in [-0.2, 0) is 9.59 Å². The third-order valence-electron chi connectivity index (χ3n) is 6.11. The van der Waals surface area contributed by atoms with E-state index in [1.54, 1.807) is 24.3 Å². The van der Waals surface area contributed by atoms with Gasteiger partial charge < -0.3 is 29.5 Å². The Balaban J connectivity index is 2.19. The molecule has 35 heavy (non-hydrogen) atoms. The van der Waals surface area contributed by atoms with Crippen molar-refractivity contribution in [1.29, 1.82) is 0 Å². The molecule has 8 nitrogen and oxygen atoms in total. The summed E-state index contributed by atoms with van der Waals surface area (Å²) in [7, 11) is 1.51. The molecule has 2 aromatic rings. The molecule has 0 spiro atoms. The van der Waals surface area contributed by atoms with Crippen LogP contribution in [0, 0.1) is 0 Å². The number of rotatable bonds is 10. The van der Waals surface area contributed by atoms with Crippen molar-refractivity contribution < 1.29 is 29.3 Å². The highest BCUT2D eigenvalue weighted by Crippen LogP contribution is 2.43. The van der Waals surface area contributed by atoms with Gasteiger partial charge in [-0.25, -0.2) is 0 Å². The van der Waals surface area contributed by atoms with E-state index in [2.05, 4.69) is 20.8 Å². The topological polar surface area (TPSA) is 99.5 Å². The third kappa shape index (κ3) is 5.46. The van der Waals surface area contributed by atoms with E-state index >= 15 is 0 Å². The standard InChI is InChI=1S/C26H31BrN2O6/c1-5-28(6-2)12-13-29-23(16-8-11-20(35-7-3)21(14-16)34-4)22(25(32)26(29)33)24(31)18-15-17(27)9-10-19(18)30/h8-11,14-15,23,30-31H,5-7,12-13H2,1-4H3/b24-22+. The Morgan fingerprint density at radius 2 is 1.80 bits per heavy atom. The molecule has 1 aliphatic heterocycles. The third-order valence-corrected chi connectivity index (χ3v) is 6.60. The number of ketones is 1. The van der Waals surface area contributed by atoms with Crippen LogP contribution >= 0.6 is 15.9 Å². The van der Waals surface area contributed by atoms with Gasteiger partial charge in [0, 0.05) is 17.6 Å². The molecular weight excluding hydrogens is 516 g/mol. The van der Waals surface area contributed by atoms with Crippen LogP contribution in [0.1, 0.15) is 37.9 Å². The molecular formula is C26H31BrN2O6. The molecule has 2 aromatic carbocycles. The van der Waals surface area contributed by atoms with Crippen molar-refractivity contribution in [1.82, 2.24) is 9.80 Å². The second-order valence-corrected chi connectivity index (χ2v) is 8.94. The van der Waals surface area contributed by atoms with Crippen LogP contribution in [0.25, 0.3) is 5.76 Å². The minimum Gasteiger partial charge on any atom is -0.507 e. The summed E-state index contributed by atoms with van der Waals surface area (Å²) >= 11 is 3.33. The van der Waals surface area contributed by atoms with Crippen molar-refractivity contribution >= 4 is 33.4 Å². The Labute approximate surface area is 213 Å². The fourth-order valence-corrected chi connectivity index (χ4v) is 4.58. The van der Waals surface area contributed by atoms with Crippen molar-refractivity contribution in [3.05, 3.63) is 57.6 Å². The van der Waals surface area contributed by atoms with Gasteiger partial charge in [-0.15, -0.1) is 0 Å². The van der Waals surface area contributed by atoms with E-state index in [0.717, 1.165) is 13.1 Å². The van der Waals surface area contributed by atoms with Gasteiger partial charge in [-0.3, -0.25) is 9.59 Å². The average Bonchev–Trinajstić information content (AvgIpc) is 3.11. The van der Waals surface area contributed by atoms with Gasteiger partial charge in [-0.1, -0.05) is 35.8 Å². The monoisotopic (exact) mass is 546 g/mol. The Kier molecular flexibility index (Phi) is 8.80. The lowest BCUT2D eigenvalue weighted by Gasteiger charge is -2.28. The molecule has 1 amide bonds. The number of aliphatic hydroxyl groups excluding tert-OH is 1. The molecule has 1 unspecified atom stereocenters. The molecule has 0 saturated carbocycles. The maximum atomic E-state index is 13.2. The van der Waals surface area contributed by atoms with E-state index < -0.39 is 23.5 Å². The Morgan fingerprint density at radius 3 is 2.43 bits per heavy atom. The molecule has 1 fully saturated rings. The highest BCUT2D eigenvalue weighted by molar-refractivity contribution is 9.10. The molecule has 2 N–H and O–H groups in total. The van der Waals surface area contributed by atoms with Crippen LogP contribution in [-0.4, -0.2) is 71.6 Å². The number of aliphatic hydroxyl groups is 1. The predicted octanol–water partition coefficient (Wildman–Crippen LogP) is 4.33. The summed E-state index contributed by atoms with van der Waals surface area (Å²) in [6.07, 6.45) is 0. The predicted molar refractivity (Wildman–Crippen MR) is 137 cm³/mol. The number of carbonyl (C=O) groups is 2. The van der Waals surface area contributed by atoms with Crippen molar-refractivity contribution in [2.75, 3.05) is 39.9 Å². The first-order valence-corrected chi connectivity index (χ1v) is 12.4. The molecule has 0 aromatic heterocycles. The zero-order chi connectivity index (χ0) is 25.7. The number of amides is 1. The minimum absolute atomic E-state index is 0.0593. The molecule has 3 rings (SSSR count). The molecule has 9 heteroatoms. The van der Waals surface area contributed by atoms with Gasteiger partial charge in [0.2, 0.25) is 0 Å². The zero-order valence-corrected chi connectivity index (χ0v) is 22.0. The van der Waals surface area contributed by atoms with Gasteiger partial charge in [0.05, 0.1) is 30.9 Å². The number of ether oxygens (including phenoxy) is 2. The number of likely N-dealkylation sites (tertiary alicyclic amines) is 1. The summed E-state index contributed by atoms with van der Waals surface area (Å²) in [4.78, 5) is 30.0. The zero-order valence-electron chi connectivity index (χ0n) is 20.4. The van der Waals surface area contributed by atoms with E-state index in [9.17, 15) is 19.8 Å². The SMILES string of the molecule is CCOc1ccc(C2/C(=C(\O)c3cc(Br)ccc3O)C(=O)C(=O)N2CCN(CC)CC)cc1OC. The number of Topliss-reactive ketones (excluding diaryl/α,β-unsaturated/α-hetero) is 1. The Bertz CT molecular complexity index is 1130. The summed E-state index contributed by atoms with van der Waals surface area (Å²) in [5, 5.41) is 21.6. The van der Waals surface area contributed by atoms with Gasteiger partial charge in [0.15, 0.2) is 11.5 Å². The second kappa shape index (κ2) is 11.6. The van der Waals surface area contributed by atoms with E-state index in [0.29, 0.717) is 34.7 Å². The second-order valence-electron chi connectivity index (χ2n) is 8.02. The molecule has 0 aliphatic carbocycles. The highest BCUT2D eigenvalue weighted by atomic mass is 79.9. The number of hydrogen-bond donors (Lipinski definition) is 2. The highest BCUT2D eigenvalue weighted by Gasteiger charge is 2.46. The molecule has 0 bridgehead atoms. The summed E-state index contributed by atoms with van der Waals surface area (Å²) in [5.41, 5.74) is 0.554. The van der Waals surface area contributed by atoms with Gasteiger partial charge in [-0.05, 0) is 55.9 Å². The minimum atomic E-state index is -0.867. The molecule has 188 valence electrons. The summed E-state index contributed by atoms with van der Waals surface area (Å²) in [5.74, 6) is -1.17. The van der Waals surface area contributed by atoms with E-state index in [-0.39, 0.29) is 23.4 Å². The number of benzene rings is 2. The van der Waals surface area contributed by atoms with Crippen LogP contribution < -0.4 is 9.47 Å². The normalized spacial score (nSPS) is 17.3. The summed E-state index contributed by atoms with van der Waals surface area (Å²) in [6.45, 7) is 8.81. The van der Waals surface area contributed by atoms with Crippen LogP contribution in [0.15, 0.2) is 46.4 Å². The lowest BCUT2D eigenvalue weighted by atomic mass is 9.94. The number of hydrogen-bond acceptors (Lipinski definition) is 7. The molecule has 1 atom stereocenters. The number of halogens is 1. The number of likely N-dealkylation sites (N-methyl/N-ethyl adjacent to an activating group) is 1. The number of nitrogens with zero attached hydrogens (tertiary/aromatic N) is 2. The van der Waals surface area contributed by atoms with Crippen molar-refractivity contribution in [2.45, 2.75) is 26.8 Å². The van der Waals surface area contributed by atoms with Gasteiger partial charge in [0.1, 0.15) is 11.5 Å². The summed E-state index contributed by atoms with van der Waals surface area (Å²) < 4.78 is 11.7. The fraction of sp³-hybridized carbons (Fsp3) is 0.385. The number of aromatic hydroxyl groups is 1. The number of phenols is 1. The average molecular weight is 547 g/mol. The van der Waals surface area contributed by atoms with Gasteiger partial charge >= 0.3 is 0 Å². The molecule has 0 radical (unpaired) electrons. The smallest absolute Gasteiger partial charge is 0.295 e. The van der Waals surface area contributed by atoms with Crippen molar-refractivity contribution in [2.24, 2.45) is 0 Å². The van der Waals surface area contributed by atoms with Crippen molar-refractivity contribution in [3.63, 3.8) is 0 Å². The summed E-state index contributed by atoms with van der Waals surface area (Å²) in [6, 6.07) is 8.84. The lowest BCUT2D eigenvalue weighted by molar-refractivity contribution is -0.140. The van der Waals surface area contributed by atoms with Gasteiger partial charge in [-0.2, -0.15) is 0 Å². The molecule has 1 heterocycles. The fourth-order valence-electron chi connectivity index (χ4n) is 4.22. The van der Waals surface area contributed by atoms with E-state index in [4.69, 9.17) is 9.47 Å². The van der Waals surface area contributed by atoms with E-state index in [1.807, 2.05) is 20.8 Å². The quantitative estimate of drug-likeness (QED) is 0.260. The first kappa shape index (κ1) is 26.6. The van der Waals surface area contributed by atoms with E-state index in [1.165, 1.54) is 24.1 Å². The maximum Gasteiger partial charge on any atom is 0.295 e. The van der Waals surface area contributed by atoms with Crippen LogP contribution in [0.5, 0.6) is 17.2 Å². The van der Waals surface area contributed by atoms with Crippen molar-refractivity contribution in [3.8, 4) is 17.2 Å². The number of carbonyl (C=O) groups excluding carboxylic acids is 2. The van der Waals surface area contributed by atoms with Crippen LogP contribution in [0.3, 0.4) is 0 Å². The van der Waals surface area contributed by atoms with Gasteiger partial charge in [0.25, 0.3) is 11.7 Å². The number of methoxy groups -OCH3 is 1. The molecule has 1 aliphatic rings. The maximum absolute atomic E-state index is 13.2. The Hall–Kier alpha value is -3.04. The first-order valence-electron chi connectivity index (χ1n) is 11.6. The first-order chi connectivity index (χ1) is 16.8. The molecule has 1 saturated heterocycles.